The SMILES string of the molecule is O=C1[C@@H]2C(c3ccccc3Cl)=NO[C@@H]2C(=O)N1c1cc(Cl)cc(Cl)c1. The number of carbonyl (C=O) groups excluding carboxylic acids is 2. The molecule has 2 aliphatic heterocycles. The molecule has 2 aromatic rings. The summed E-state index contributed by atoms with van der Waals surface area (Å²) in [5.41, 5.74) is 1.19. The Bertz CT molecular complexity index is 924. The number of oxime groups is 1. The van der Waals surface area contributed by atoms with E-state index >= 15 is 0 Å². The molecule has 0 radical (unpaired) electrons. The van der Waals surface area contributed by atoms with Gasteiger partial charge in [-0.25, -0.2) is 4.90 Å². The maximum Gasteiger partial charge on any atom is 0.278 e. The standard InChI is InChI=1S/C17H9Cl3N2O3/c18-8-5-9(19)7-10(6-8)22-16(23)13-14(21-25-15(13)17(22)24)11-3-1-2-4-12(11)20/h1-7,13,15H/t13-,15+/m1/s1. The maximum absolute atomic E-state index is 12.9. The van der Waals surface area contributed by atoms with Crippen LogP contribution in [0, 0.1) is 5.92 Å². The van der Waals surface area contributed by atoms with Crippen LogP contribution in [-0.4, -0.2) is 23.6 Å². The number of benzene rings is 2. The van der Waals surface area contributed by atoms with Crippen LogP contribution in [0.1, 0.15) is 5.56 Å². The van der Waals surface area contributed by atoms with E-state index in [0.717, 1.165) is 4.90 Å². The van der Waals surface area contributed by atoms with Crippen LogP contribution in [0.4, 0.5) is 5.69 Å². The van der Waals surface area contributed by atoms with Crippen molar-refractivity contribution in [1.82, 2.24) is 0 Å². The molecular formula is C17H9Cl3N2O3. The summed E-state index contributed by atoms with van der Waals surface area (Å²) in [6.45, 7) is 0. The van der Waals surface area contributed by atoms with Crippen LogP contribution >= 0.6 is 34.8 Å². The maximum atomic E-state index is 12.9. The van der Waals surface area contributed by atoms with Gasteiger partial charge in [-0.3, -0.25) is 9.59 Å². The number of hydrogen-bond acceptors (Lipinski definition) is 4. The van der Waals surface area contributed by atoms with Gasteiger partial charge in [-0.2, -0.15) is 0 Å². The lowest BCUT2D eigenvalue weighted by atomic mass is 9.94. The fraction of sp³-hybridized carbons (Fsp3) is 0.118. The summed E-state index contributed by atoms with van der Waals surface area (Å²) >= 11 is 18.2. The van der Waals surface area contributed by atoms with Crippen molar-refractivity contribution in [1.29, 1.82) is 0 Å². The molecule has 8 heteroatoms. The first-order valence-corrected chi connectivity index (χ1v) is 8.43. The first-order chi connectivity index (χ1) is 12.0. The number of anilines is 1. The molecule has 0 aliphatic carbocycles. The van der Waals surface area contributed by atoms with E-state index in [1.807, 2.05) is 0 Å². The summed E-state index contributed by atoms with van der Waals surface area (Å²) in [6, 6.07) is 11.5. The molecule has 0 aromatic heterocycles. The smallest absolute Gasteiger partial charge is 0.278 e. The largest absolute Gasteiger partial charge is 0.381 e. The molecule has 126 valence electrons. The molecule has 5 nitrogen and oxygen atoms in total. The van der Waals surface area contributed by atoms with Crippen LogP contribution in [0.2, 0.25) is 15.1 Å². The van der Waals surface area contributed by atoms with Gasteiger partial charge in [0.05, 0.1) is 5.69 Å². The Morgan fingerprint density at radius 2 is 1.64 bits per heavy atom. The van der Waals surface area contributed by atoms with E-state index in [0.29, 0.717) is 32.0 Å². The molecule has 25 heavy (non-hydrogen) atoms. The minimum atomic E-state index is -1.02. The van der Waals surface area contributed by atoms with Gasteiger partial charge in [0, 0.05) is 20.6 Å². The fourth-order valence-electron chi connectivity index (χ4n) is 2.99. The molecule has 0 unspecified atom stereocenters. The first kappa shape index (κ1) is 16.4. The van der Waals surface area contributed by atoms with Gasteiger partial charge in [0.25, 0.3) is 5.91 Å². The molecule has 2 atom stereocenters. The number of imide groups is 1. The van der Waals surface area contributed by atoms with E-state index in [1.54, 1.807) is 24.3 Å². The number of amides is 2. The van der Waals surface area contributed by atoms with Crippen molar-refractivity contribution in [3.05, 3.63) is 63.1 Å². The Morgan fingerprint density at radius 3 is 2.32 bits per heavy atom. The number of rotatable bonds is 2. The Morgan fingerprint density at radius 1 is 0.960 bits per heavy atom. The lowest BCUT2D eigenvalue weighted by molar-refractivity contribution is -0.126. The Labute approximate surface area is 157 Å². The van der Waals surface area contributed by atoms with Gasteiger partial charge < -0.3 is 4.84 Å². The highest BCUT2D eigenvalue weighted by Gasteiger charge is 2.56. The van der Waals surface area contributed by atoms with Gasteiger partial charge in [0.2, 0.25) is 12.0 Å². The van der Waals surface area contributed by atoms with E-state index in [-0.39, 0.29) is 0 Å². The van der Waals surface area contributed by atoms with Gasteiger partial charge >= 0.3 is 0 Å². The summed E-state index contributed by atoms with van der Waals surface area (Å²) in [6.07, 6.45) is -1.02. The number of fused-ring (bicyclic) bond motifs is 1. The van der Waals surface area contributed by atoms with Crippen LogP contribution in [0.5, 0.6) is 0 Å². The number of halogens is 3. The molecule has 1 fully saturated rings. The molecule has 2 aromatic carbocycles. The van der Waals surface area contributed by atoms with E-state index in [1.165, 1.54) is 18.2 Å². The van der Waals surface area contributed by atoms with Crippen molar-refractivity contribution in [2.24, 2.45) is 11.1 Å². The van der Waals surface area contributed by atoms with Crippen molar-refractivity contribution in [3.63, 3.8) is 0 Å². The van der Waals surface area contributed by atoms with Crippen LogP contribution in [0.15, 0.2) is 47.6 Å². The Kier molecular flexibility index (Phi) is 3.95. The summed E-state index contributed by atoms with van der Waals surface area (Å²) in [7, 11) is 0. The Hall–Kier alpha value is -2.08. The highest BCUT2D eigenvalue weighted by Crippen LogP contribution is 2.37. The normalized spacial score (nSPS) is 22.0. The molecule has 2 aliphatic rings. The summed E-state index contributed by atoms with van der Waals surface area (Å²) in [5.74, 6) is -1.83. The second-order valence-electron chi connectivity index (χ2n) is 5.60. The third-order valence-electron chi connectivity index (χ3n) is 4.07. The molecule has 4 rings (SSSR count). The van der Waals surface area contributed by atoms with Crippen molar-refractivity contribution >= 4 is 58.0 Å². The zero-order valence-corrected chi connectivity index (χ0v) is 14.7. The van der Waals surface area contributed by atoms with Crippen molar-refractivity contribution in [3.8, 4) is 0 Å². The average Bonchev–Trinajstić information content (AvgIpc) is 3.08. The van der Waals surface area contributed by atoms with E-state index in [2.05, 4.69) is 5.16 Å². The summed E-state index contributed by atoms with van der Waals surface area (Å²) in [5, 5.41) is 4.99. The zero-order chi connectivity index (χ0) is 17.7. The third kappa shape index (κ3) is 2.59. The van der Waals surface area contributed by atoms with E-state index in [9.17, 15) is 9.59 Å². The minimum absolute atomic E-state index is 0.295. The van der Waals surface area contributed by atoms with Gasteiger partial charge in [0.15, 0.2) is 0 Å². The van der Waals surface area contributed by atoms with E-state index in [4.69, 9.17) is 39.6 Å². The van der Waals surface area contributed by atoms with Crippen LogP contribution in [0.25, 0.3) is 0 Å². The molecule has 2 heterocycles. The topological polar surface area (TPSA) is 59.0 Å². The zero-order valence-electron chi connectivity index (χ0n) is 12.4. The third-order valence-corrected chi connectivity index (χ3v) is 4.83. The average molecular weight is 396 g/mol. The molecule has 0 spiro atoms. The fourth-order valence-corrected chi connectivity index (χ4v) is 3.74. The van der Waals surface area contributed by atoms with Gasteiger partial charge in [0.1, 0.15) is 11.6 Å². The van der Waals surface area contributed by atoms with Crippen LogP contribution < -0.4 is 4.90 Å². The number of hydrogen-bond donors (Lipinski definition) is 0. The highest BCUT2D eigenvalue weighted by molar-refractivity contribution is 6.39. The van der Waals surface area contributed by atoms with Gasteiger partial charge in [-0.05, 0) is 24.3 Å². The van der Waals surface area contributed by atoms with Gasteiger partial charge in [-0.15, -0.1) is 0 Å². The summed E-state index contributed by atoms with van der Waals surface area (Å²) < 4.78 is 0. The predicted octanol–water partition coefficient (Wildman–Crippen LogP) is 3.94. The van der Waals surface area contributed by atoms with Crippen molar-refractivity contribution in [2.75, 3.05) is 4.90 Å². The number of carbonyl (C=O) groups is 2. The lowest BCUT2D eigenvalue weighted by Crippen LogP contribution is -2.33. The Balaban J connectivity index is 1.75. The molecule has 2 amide bonds. The molecule has 1 saturated heterocycles. The van der Waals surface area contributed by atoms with Crippen LogP contribution in [-0.2, 0) is 14.4 Å². The molecule has 0 saturated carbocycles. The van der Waals surface area contributed by atoms with Crippen LogP contribution in [0.3, 0.4) is 0 Å². The number of nitrogens with zero attached hydrogens (tertiary/aromatic N) is 2. The minimum Gasteiger partial charge on any atom is -0.381 e. The quantitative estimate of drug-likeness (QED) is 0.724. The lowest BCUT2D eigenvalue weighted by Gasteiger charge is -2.16. The predicted molar refractivity (Wildman–Crippen MR) is 95.3 cm³/mol. The second kappa shape index (κ2) is 6.02. The monoisotopic (exact) mass is 394 g/mol. The molecular weight excluding hydrogens is 387 g/mol. The first-order valence-electron chi connectivity index (χ1n) is 7.30. The second-order valence-corrected chi connectivity index (χ2v) is 6.88. The van der Waals surface area contributed by atoms with Gasteiger partial charge in [-0.1, -0.05) is 58.2 Å². The summed E-state index contributed by atoms with van der Waals surface area (Å²) in [4.78, 5) is 31.9. The highest BCUT2D eigenvalue weighted by atomic mass is 35.5. The van der Waals surface area contributed by atoms with Crippen molar-refractivity contribution < 1.29 is 14.4 Å². The van der Waals surface area contributed by atoms with E-state index < -0.39 is 23.8 Å². The molecule has 0 bridgehead atoms. The molecule has 0 N–H and O–H groups in total. The van der Waals surface area contributed by atoms with Crippen molar-refractivity contribution in [2.45, 2.75) is 6.10 Å².